The van der Waals surface area contributed by atoms with Gasteiger partial charge in [-0.3, -0.25) is 9.78 Å². The van der Waals surface area contributed by atoms with Crippen molar-refractivity contribution in [3.63, 3.8) is 0 Å². The highest BCUT2D eigenvalue weighted by molar-refractivity contribution is 6.06. The smallest absolute Gasteiger partial charge is 0.277 e. The van der Waals surface area contributed by atoms with Crippen molar-refractivity contribution in [2.75, 3.05) is 17.2 Å². The minimum Gasteiger partial charge on any atom is -0.398 e. The van der Waals surface area contributed by atoms with Gasteiger partial charge in [-0.2, -0.15) is 0 Å². The van der Waals surface area contributed by atoms with Crippen molar-refractivity contribution in [1.29, 1.82) is 0 Å². The van der Waals surface area contributed by atoms with E-state index in [4.69, 9.17) is 5.73 Å². The fourth-order valence-corrected chi connectivity index (χ4v) is 2.70. The van der Waals surface area contributed by atoms with Crippen molar-refractivity contribution >= 4 is 17.3 Å². The molecule has 2 aromatic rings. The molecule has 1 aromatic carbocycles. The maximum Gasteiger partial charge on any atom is 0.277 e. The van der Waals surface area contributed by atoms with E-state index in [-0.39, 0.29) is 5.91 Å². The molecule has 4 heteroatoms. The van der Waals surface area contributed by atoms with E-state index in [1.165, 1.54) is 0 Å². The van der Waals surface area contributed by atoms with Gasteiger partial charge < -0.3 is 10.6 Å². The van der Waals surface area contributed by atoms with Crippen LogP contribution in [0.5, 0.6) is 0 Å². The molecule has 0 radical (unpaired) electrons. The van der Waals surface area contributed by atoms with Crippen LogP contribution >= 0.6 is 0 Å². The van der Waals surface area contributed by atoms with E-state index in [0.717, 1.165) is 35.3 Å². The fourth-order valence-electron chi connectivity index (χ4n) is 2.70. The number of hydrogen-bond donors (Lipinski definition) is 1. The molecule has 0 bridgehead atoms. The number of aryl methyl sites for hydroxylation is 1. The average molecular weight is 267 g/mol. The van der Waals surface area contributed by atoms with E-state index in [0.29, 0.717) is 12.2 Å². The topological polar surface area (TPSA) is 59.2 Å². The summed E-state index contributed by atoms with van der Waals surface area (Å²) in [6.45, 7) is 2.62. The van der Waals surface area contributed by atoms with Crippen molar-refractivity contribution in [1.82, 2.24) is 4.98 Å². The molecule has 0 fully saturated rings. The van der Waals surface area contributed by atoms with E-state index >= 15 is 0 Å². The monoisotopic (exact) mass is 267 g/mol. The van der Waals surface area contributed by atoms with Crippen molar-refractivity contribution in [3.05, 3.63) is 53.3 Å². The SMILES string of the molecule is Cc1cccnc1C(=O)N1CCCc2c(N)cccc21. The predicted octanol–water partition coefficient (Wildman–Crippen LogP) is 2.57. The van der Waals surface area contributed by atoms with Gasteiger partial charge >= 0.3 is 0 Å². The molecule has 2 N–H and O–H groups in total. The number of fused-ring (bicyclic) bond motifs is 1. The van der Waals surface area contributed by atoms with Gasteiger partial charge in [0.2, 0.25) is 0 Å². The Hall–Kier alpha value is -2.36. The van der Waals surface area contributed by atoms with Gasteiger partial charge in [0, 0.05) is 24.1 Å². The highest BCUT2D eigenvalue weighted by Gasteiger charge is 2.26. The number of amides is 1. The molecule has 1 amide bonds. The summed E-state index contributed by atoms with van der Waals surface area (Å²) >= 11 is 0. The number of anilines is 2. The normalized spacial score (nSPS) is 13.9. The molecule has 4 nitrogen and oxygen atoms in total. The van der Waals surface area contributed by atoms with Crippen LogP contribution in [0.3, 0.4) is 0 Å². The lowest BCUT2D eigenvalue weighted by Gasteiger charge is -2.30. The van der Waals surface area contributed by atoms with E-state index in [1.807, 2.05) is 37.3 Å². The molecular weight excluding hydrogens is 250 g/mol. The maximum absolute atomic E-state index is 12.7. The summed E-state index contributed by atoms with van der Waals surface area (Å²) in [5.41, 5.74) is 10.2. The van der Waals surface area contributed by atoms with Crippen LogP contribution in [0.25, 0.3) is 0 Å². The van der Waals surface area contributed by atoms with Crippen LogP contribution in [-0.4, -0.2) is 17.4 Å². The molecule has 1 aliphatic rings. The lowest BCUT2D eigenvalue weighted by atomic mass is 9.99. The van der Waals surface area contributed by atoms with E-state index in [1.54, 1.807) is 11.1 Å². The van der Waals surface area contributed by atoms with Crippen LogP contribution in [-0.2, 0) is 6.42 Å². The van der Waals surface area contributed by atoms with Gasteiger partial charge in [0.15, 0.2) is 0 Å². The largest absolute Gasteiger partial charge is 0.398 e. The highest BCUT2D eigenvalue weighted by Crippen LogP contribution is 2.32. The molecule has 102 valence electrons. The van der Waals surface area contributed by atoms with Crippen LogP contribution in [0.4, 0.5) is 11.4 Å². The van der Waals surface area contributed by atoms with Crippen molar-refractivity contribution in [3.8, 4) is 0 Å². The molecule has 0 saturated carbocycles. The minimum absolute atomic E-state index is 0.0466. The molecule has 0 atom stereocenters. The lowest BCUT2D eigenvalue weighted by Crippen LogP contribution is -2.36. The summed E-state index contributed by atoms with van der Waals surface area (Å²) in [6, 6.07) is 9.49. The van der Waals surface area contributed by atoms with Crippen molar-refractivity contribution in [2.45, 2.75) is 19.8 Å². The molecule has 1 aromatic heterocycles. The Morgan fingerprint density at radius 2 is 2.15 bits per heavy atom. The third-order valence-corrected chi connectivity index (χ3v) is 3.74. The van der Waals surface area contributed by atoms with Crippen LogP contribution in [0.15, 0.2) is 36.5 Å². The Morgan fingerprint density at radius 1 is 1.30 bits per heavy atom. The Balaban J connectivity index is 2.03. The number of carbonyl (C=O) groups is 1. The summed E-state index contributed by atoms with van der Waals surface area (Å²) in [7, 11) is 0. The summed E-state index contributed by atoms with van der Waals surface area (Å²) in [4.78, 5) is 18.7. The Labute approximate surface area is 118 Å². The number of pyridine rings is 1. The second-order valence-corrected chi connectivity index (χ2v) is 5.07. The number of aromatic nitrogens is 1. The third kappa shape index (κ3) is 2.03. The molecule has 1 aliphatic heterocycles. The minimum atomic E-state index is -0.0466. The second-order valence-electron chi connectivity index (χ2n) is 5.07. The molecule has 3 rings (SSSR count). The van der Waals surface area contributed by atoms with Gasteiger partial charge in [-0.1, -0.05) is 12.1 Å². The average Bonchev–Trinajstić information content (AvgIpc) is 2.47. The first kappa shape index (κ1) is 12.7. The Morgan fingerprint density at radius 3 is 2.95 bits per heavy atom. The molecule has 0 aliphatic carbocycles. The molecule has 2 heterocycles. The van der Waals surface area contributed by atoms with Gasteiger partial charge in [0.05, 0.1) is 0 Å². The third-order valence-electron chi connectivity index (χ3n) is 3.74. The number of benzene rings is 1. The zero-order chi connectivity index (χ0) is 14.1. The number of nitrogens with zero attached hydrogens (tertiary/aromatic N) is 2. The number of nitrogen functional groups attached to an aromatic ring is 1. The molecule has 20 heavy (non-hydrogen) atoms. The summed E-state index contributed by atoms with van der Waals surface area (Å²) in [5.74, 6) is -0.0466. The second kappa shape index (κ2) is 4.96. The summed E-state index contributed by atoms with van der Waals surface area (Å²) < 4.78 is 0. The fraction of sp³-hybridized carbons (Fsp3) is 0.250. The number of carbonyl (C=O) groups excluding carboxylic acids is 1. The lowest BCUT2D eigenvalue weighted by molar-refractivity contribution is 0.0979. The molecule has 0 spiro atoms. The Bertz CT molecular complexity index is 667. The van der Waals surface area contributed by atoms with Gasteiger partial charge in [-0.15, -0.1) is 0 Å². The molecule has 0 unspecified atom stereocenters. The van der Waals surface area contributed by atoms with Gasteiger partial charge in [-0.25, -0.2) is 0 Å². The highest BCUT2D eigenvalue weighted by atomic mass is 16.2. The van der Waals surface area contributed by atoms with E-state index in [9.17, 15) is 4.79 Å². The van der Waals surface area contributed by atoms with Crippen LogP contribution in [0, 0.1) is 6.92 Å². The first-order valence-electron chi connectivity index (χ1n) is 6.79. The van der Waals surface area contributed by atoms with Gasteiger partial charge in [-0.05, 0) is 49.1 Å². The van der Waals surface area contributed by atoms with Crippen molar-refractivity contribution < 1.29 is 4.79 Å². The molecule has 0 saturated heterocycles. The van der Waals surface area contributed by atoms with Crippen LogP contribution in [0.1, 0.15) is 28.0 Å². The summed E-state index contributed by atoms with van der Waals surface area (Å²) in [6.07, 6.45) is 3.51. The molecular formula is C16H17N3O. The van der Waals surface area contributed by atoms with Crippen LogP contribution in [0.2, 0.25) is 0 Å². The first-order chi connectivity index (χ1) is 9.68. The maximum atomic E-state index is 12.7. The summed E-state index contributed by atoms with van der Waals surface area (Å²) in [5, 5.41) is 0. The zero-order valence-corrected chi connectivity index (χ0v) is 11.5. The number of hydrogen-bond acceptors (Lipinski definition) is 3. The van der Waals surface area contributed by atoms with E-state index < -0.39 is 0 Å². The Kier molecular flexibility index (Phi) is 3.14. The van der Waals surface area contributed by atoms with Crippen molar-refractivity contribution in [2.24, 2.45) is 0 Å². The number of rotatable bonds is 1. The predicted molar refractivity (Wildman–Crippen MR) is 79.8 cm³/mol. The first-order valence-corrected chi connectivity index (χ1v) is 6.79. The van der Waals surface area contributed by atoms with E-state index in [2.05, 4.69) is 4.98 Å². The number of nitrogens with two attached hydrogens (primary N) is 1. The van der Waals surface area contributed by atoms with Gasteiger partial charge in [0.25, 0.3) is 5.91 Å². The van der Waals surface area contributed by atoms with Crippen LogP contribution < -0.4 is 10.6 Å². The quantitative estimate of drug-likeness (QED) is 0.808. The standard InChI is InChI=1S/C16H17N3O/c1-11-5-3-9-18-15(11)16(20)19-10-4-6-12-13(17)7-2-8-14(12)19/h2-3,5,7-9H,4,6,10,17H2,1H3. The zero-order valence-electron chi connectivity index (χ0n) is 11.5. The van der Waals surface area contributed by atoms with Gasteiger partial charge in [0.1, 0.15) is 5.69 Å².